The molecule has 0 saturated heterocycles. The van der Waals surface area contributed by atoms with Gasteiger partial charge in [-0.25, -0.2) is 9.78 Å². The molecule has 1 aromatic rings. The lowest BCUT2D eigenvalue weighted by atomic mass is 10.1. The standard InChI is InChI=1S/C13H17N3O4/c1-5-20-13(17)10(8-15(3)4)12-11(16(18)19)6-9(2)7-14-12/h6-8H,5H2,1-4H3/b10-8-. The lowest BCUT2D eigenvalue weighted by Gasteiger charge is -2.11. The number of nitro groups is 1. The van der Waals surface area contributed by atoms with Crippen LogP contribution in [0.5, 0.6) is 0 Å². The molecule has 0 aliphatic carbocycles. The van der Waals surface area contributed by atoms with Crippen molar-refractivity contribution in [1.29, 1.82) is 0 Å². The van der Waals surface area contributed by atoms with Crippen molar-refractivity contribution in [2.24, 2.45) is 0 Å². The molecule has 0 N–H and O–H groups in total. The van der Waals surface area contributed by atoms with Crippen LogP contribution in [-0.4, -0.2) is 41.5 Å². The molecule has 0 radical (unpaired) electrons. The van der Waals surface area contributed by atoms with Gasteiger partial charge in [0.2, 0.25) is 0 Å². The molecule has 0 aromatic carbocycles. The Morgan fingerprint density at radius 3 is 2.70 bits per heavy atom. The zero-order chi connectivity index (χ0) is 15.3. The van der Waals surface area contributed by atoms with E-state index in [9.17, 15) is 14.9 Å². The highest BCUT2D eigenvalue weighted by atomic mass is 16.6. The van der Waals surface area contributed by atoms with E-state index in [1.54, 1.807) is 32.8 Å². The van der Waals surface area contributed by atoms with Crippen LogP contribution in [-0.2, 0) is 9.53 Å². The molecule has 0 atom stereocenters. The Morgan fingerprint density at radius 2 is 2.20 bits per heavy atom. The van der Waals surface area contributed by atoms with Gasteiger partial charge in [0, 0.05) is 32.6 Å². The molecule has 0 aliphatic heterocycles. The van der Waals surface area contributed by atoms with Crippen LogP contribution in [0.15, 0.2) is 18.5 Å². The molecule has 7 heteroatoms. The Bertz CT molecular complexity index is 553. The Hall–Kier alpha value is -2.44. The number of esters is 1. The molecule has 0 bridgehead atoms. The van der Waals surface area contributed by atoms with Gasteiger partial charge in [-0.1, -0.05) is 0 Å². The second-order valence-corrected chi connectivity index (χ2v) is 4.36. The van der Waals surface area contributed by atoms with E-state index in [0.29, 0.717) is 5.56 Å². The van der Waals surface area contributed by atoms with Crippen LogP contribution in [0, 0.1) is 17.0 Å². The van der Waals surface area contributed by atoms with Crippen LogP contribution in [0.25, 0.3) is 5.57 Å². The van der Waals surface area contributed by atoms with Gasteiger partial charge < -0.3 is 9.64 Å². The summed E-state index contributed by atoms with van der Waals surface area (Å²) in [6.45, 7) is 3.55. The second kappa shape index (κ2) is 6.65. The first-order chi connectivity index (χ1) is 9.36. The van der Waals surface area contributed by atoms with Crippen molar-refractivity contribution in [2.45, 2.75) is 13.8 Å². The van der Waals surface area contributed by atoms with Crippen LogP contribution < -0.4 is 0 Å². The molecule has 108 valence electrons. The lowest BCUT2D eigenvalue weighted by molar-refractivity contribution is -0.385. The Labute approximate surface area is 117 Å². The van der Waals surface area contributed by atoms with Crippen molar-refractivity contribution < 1.29 is 14.5 Å². The summed E-state index contributed by atoms with van der Waals surface area (Å²) in [6.07, 6.45) is 2.94. The van der Waals surface area contributed by atoms with Crippen LogP contribution >= 0.6 is 0 Å². The van der Waals surface area contributed by atoms with E-state index in [-0.39, 0.29) is 23.6 Å². The van der Waals surface area contributed by atoms with Gasteiger partial charge in [-0.15, -0.1) is 0 Å². The maximum atomic E-state index is 12.0. The van der Waals surface area contributed by atoms with E-state index in [1.165, 1.54) is 18.5 Å². The summed E-state index contributed by atoms with van der Waals surface area (Å²) in [5.74, 6) is -0.638. The minimum absolute atomic E-state index is 0.00718. The third kappa shape index (κ3) is 3.78. The summed E-state index contributed by atoms with van der Waals surface area (Å²) in [6, 6.07) is 1.38. The van der Waals surface area contributed by atoms with E-state index >= 15 is 0 Å². The summed E-state index contributed by atoms with van der Waals surface area (Å²) in [5.41, 5.74) is 0.496. The number of aromatic nitrogens is 1. The summed E-state index contributed by atoms with van der Waals surface area (Å²) in [4.78, 5) is 28.1. The van der Waals surface area contributed by atoms with E-state index in [1.807, 2.05) is 0 Å². The first kappa shape index (κ1) is 15.6. The molecule has 0 aliphatic rings. The molecular weight excluding hydrogens is 262 g/mol. The number of rotatable bonds is 5. The smallest absolute Gasteiger partial charge is 0.342 e. The molecular formula is C13H17N3O4. The van der Waals surface area contributed by atoms with E-state index in [4.69, 9.17) is 4.74 Å². The van der Waals surface area contributed by atoms with Crippen LogP contribution in [0.1, 0.15) is 18.2 Å². The summed E-state index contributed by atoms with van der Waals surface area (Å²) in [5, 5.41) is 11.1. The molecule has 0 amide bonds. The summed E-state index contributed by atoms with van der Waals surface area (Å²) in [7, 11) is 3.42. The average molecular weight is 279 g/mol. The topological polar surface area (TPSA) is 85.6 Å². The number of ether oxygens (including phenoxy) is 1. The molecule has 0 fully saturated rings. The Morgan fingerprint density at radius 1 is 1.55 bits per heavy atom. The van der Waals surface area contributed by atoms with Crippen molar-refractivity contribution in [3.63, 3.8) is 0 Å². The van der Waals surface area contributed by atoms with Crippen LogP contribution in [0.3, 0.4) is 0 Å². The zero-order valence-electron chi connectivity index (χ0n) is 11.9. The fourth-order valence-corrected chi connectivity index (χ4v) is 1.58. The lowest BCUT2D eigenvalue weighted by Crippen LogP contribution is -2.14. The zero-order valence-corrected chi connectivity index (χ0v) is 11.9. The number of pyridine rings is 1. The highest BCUT2D eigenvalue weighted by molar-refractivity contribution is 6.16. The summed E-state index contributed by atoms with van der Waals surface area (Å²) >= 11 is 0. The quantitative estimate of drug-likeness (QED) is 0.353. The predicted octanol–water partition coefficient (Wildman–Crippen LogP) is 1.76. The van der Waals surface area contributed by atoms with Crippen LogP contribution in [0.2, 0.25) is 0 Å². The number of hydrogen-bond acceptors (Lipinski definition) is 6. The van der Waals surface area contributed by atoms with Gasteiger partial charge in [0.05, 0.1) is 11.5 Å². The average Bonchev–Trinajstić information content (AvgIpc) is 2.36. The van der Waals surface area contributed by atoms with Gasteiger partial charge in [0.25, 0.3) is 5.69 Å². The number of nitrogens with zero attached hydrogens (tertiary/aromatic N) is 3. The molecule has 0 saturated carbocycles. The minimum atomic E-state index is -0.638. The number of carbonyl (C=O) groups is 1. The number of aryl methyl sites for hydroxylation is 1. The molecule has 0 unspecified atom stereocenters. The fraction of sp³-hybridized carbons (Fsp3) is 0.385. The molecule has 0 spiro atoms. The first-order valence-corrected chi connectivity index (χ1v) is 6.03. The predicted molar refractivity (Wildman–Crippen MR) is 73.9 cm³/mol. The van der Waals surface area contributed by atoms with Crippen LogP contribution in [0.4, 0.5) is 5.69 Å². The van der Waals surface area contributed by atoms with Gasteiger partial charge in [-0.3, -0.25) is 10.1 Å². The normalized spacial score (nSPS) is 11.1. The largest absolute Gasteiger partial charge is 0.462 e. The van der Waals surface area contributed by atoms with Gasteiger partial charge in [0.15, 0.2) is 5.69 Å². The van der Waals surface area contributed by atoms with E-state index in [2.05, 4.69) is 4.98 Å². The van der Waals surface area contributed by atoms with Crippen molar-refractivity contribution >= 4 is 17.2 Å². The van der Waals surface area contributed by atoms with E-state index in [0.717, 1.165) is 0 Å². The van der Waals surface area contributed by atoms with Crippen molar-refractivity contribution in [3.05, 3.63) is 39.8 Å². The first-order valence-electron chi connectivity index (χ1n) is 6.03. The van der Waals surface area contributed by atoms with E-state index < -0.39 is 10.9 Å². The molecule has 1 rings (SSSR count). The maximum absolute atomic E-state index is 12.0. The highest BCUT2D eigenvalue weighted by Gasteiger charge is 2.25. The van der Waals surface area contributed by atoms with Gasteiger partial charge in [-0.2, -0.15) is 0 Å². The fourth-order valence-electron chi connectivity index (χ4n) is 1.58. The third-order valence-corrected chi connectivity index (χ3v) is 2.34. The van der Waals surface area contributed by atoms with Crippen molar-refractivity contribution in [1.82, 2.24) is 9.88 Å². The molecule has 1 heterocycles. The summed E-state index contributed by atoms with van der Waals surface area (Å²) < 4.78 is 4.93. The Balaban J connectivity index is 3.42. The molecule has 20 heavy (non-hydrogen) atoms. The highest BCUT2D eigenvalue weighted by Crippen LogP contribution is 2.26. The van der Waals surface area contributed by atoms with Crippen molar-refractivity contribution in [2.75, 3.05) is 20.7 Å². The third-order valence-electron chi connectivity index (χ3n) is 2.34. The molecule has 1 aromatic heterocycles. The second-order valence-electron chi connectivity index (χ2n) is 4.36. The van der Waals surface area contributed by atoms with Gasteiger partial charge in [-0.05, 0) is 19.4 Å². The molecule has 7 nitrogen and oxygen atoms in total. The minimum Gasteiger partial charge on any atom is -0.462 e. The monoisotopic (exact) mass is 279 g/mol. The number of hydrogen-bond donors (Lipinski definition) is 0. The maximum Gasteiger partial charge on any atom is 0.342 e. The SMILES string of the molecule is CCOC(=O)/C(=C\N(C)C)c1ncc(C)cc1[N+](=O)[O-]. The van der Waals surface area contributed by atoms with Gasteiger partial charge in [0.1, 0.15) is 5.57 Å². The Kier molecular flexibility index (Phi) is 5.19. The van der Waals surface area contributed by atoms with Gasteiger partial charge >= 0.3 is 5.97 Å². The van der Waals surface area contributed by atoms with Crippen molar-refractivity contribution in [3.8, 4) is 0 Å². The number of carbonyl (C=O) groups excluding carboxylic acids is 1.